The van der Waals surface area contributed by atoms with Crippen LogP contribution in [0.3, 0.4) is 0 Å². The van der Waals surface area contributed by atoms with E-state index in [-0.39, 0.29) is 12.6 Å². The van der Waals surface area contributed by atoms with Crippen molar-refractivity contribution in [1.29, 1.82) is 0 Å². The maximum atomic E-state index is 12.7. The summed E-state index contributed by atoms with van der Waals surface area (Å²) in [5.41, 5.74) is 1.96. The topological polar surface area (TPSA) is 94.2 Å². The second-order valence-corrected chi connectivity index (χ2v) is 6.82. The second-order valence-electron chi connectivity index (χ2n) is 6.82. The summed E-state index contributed by atoms with van der Waals surface area (Å²) in [4.78, 5) is 26.0. The van der Waals surface area contributed by atoms with Gasteiger partial charge in [-0.25, -0.2) is 9.59 Å². The first-order valence-corrected chi connectivity index (χ1v) is 9.47. The van der Waals surface area contributed by atoms with Crippen molar-refractivity contribution in [2.45, 2.75) is 19.5 Å². The monoisotopic (exact) mass is 400 g/mol. The van der Waals surface area contributed by atoms with Gasteiger partial charge in [-0.3, -0.25) is 0 Å². The van der Waals surface area contributed by atoms with Gasteiger partial charge in [-0.15, -0.1) is 0 Å². The summed E-state index contributed by atoms with van der Waals surface area (Å²) in [6.45, 7) is 3.09. The Bertz CT molecular complexity index is 891. The summed E-state index contributed by atoms with van der Waals surface area (Å²) < 4.78 is 16.0. The van der Waals surface area contributed by atoms with E-state index < -0.39 is 12.0 Å². The van der Waals surface area contributed by atoms with E-state index in [4.69, 9.17) is 13.9 Å². The van der Waals surface area contributed by atoms with Crippen LogP contribution in [0.5, 0.6) is 5.75 Å². The van der Waals surface area contributed by atoms with Gasteiger partial charge in [-0.1, -0.05) is 12.1 Å². The zero-order chi connectivity index (χ0) is 20.8. The first-order valence-electron chi connectivity index (χ1n) is 9.47. The number of carbonyl (C=O) groups excluding carboxylic acids is 2. The number of hydrogen-bond donors (Lipinski definition) is 3. The number of benzene rings is 1. The lowest BCUT2D eigenvalue weighted by Crippen LogP contribution is -3.08. The van der Waals surface area contributed by atoms with Gasteiger partial charge in [0.2, 0.25) is 0 Å². The van der Waals surface area contributed by atoms with Gasteiger partial charge in [-0.05, 0) is 31.2 Å². The molecule has 3 N–H and O–H groups in total. The number of rotatable bonds is 8. The molecule has 0 radical (unpaired) electrons. The Morgan fingerprint density at radius 3 is 2.76 bits per heavy atom. The Kier molecular flexibility index (Phi) is 6.56. The molecule has 3 rings (SSSR count). The number of ether oxygens (including phenoxy) is 2. The number of methoxy groups -OCH3 is 1. The maximum absolute atomic E-state index is 12.7. The van der Waals surface area contributed by atoms with Crippen molar-refractivity contribution in [3.63, 3.8) is 0 Å². The van der Waals surface area contributed by atoms with E-state index in [0.717, 1.165) is 16.2 Å². The molecule has 0 bridgehead atoms. The molecule has 2 amide bonds. The normalized spacial score (nSPS) is 17.3. The van der Waals surface area contributed by atoms with Gasteiger partial charge in [0.15, 0.2) is 0 Å². The minimum atomic E-state index is -0.697. The number of likely N-dealkylation sites (N-methyl/N-ethyl adjacent to an activating group) is 1. The zero-order valence-electron chi connectivity index (χ0n) is 16.8. The van der Waals surface area contributed by atoms with Crippen molar-refractivity contribution < 1.29 is 28.4 Å². The lowest BCUT2D eigenvalue weighted by molar-refractivity contribution is -0.889. The molecule has 0 saturated carbocycles. The van der Waals surface area contributed by atoms with Crippen LogP contribution >= 0.6 is 0 Å². The number of nitrogens with one attached hydrogen (secondary N) is 3. The number of amides is 2. The Morgan fingerprint density at radius 2 is 2.07 bits per heavy atom. The second kappa shape index (κ2) is 9.29. The van der Waals surface area contributed by atoms with Gasteiger partial charge in [-0.2, -0.15) is 0 Å². The van der Waals surface area contributed by atoms with E-state index in [0.29, 0.717) is 30.1 Å². The van der Waals surface area contributed by atoms with Crippen LogP contribution in [-0.4, -0.2) is 39.3 Å². The molecule has 8 heteroatoms. The Labute approximate surface area is 169 Å². The summed E-state index contributed by atoms with van der Waals surface area (Å²) >= 11 is 0. The number of urea groups is 1. The molecule has 2 heterocycles. The summed E-state index contributed by atoms with van der Waals surface area (Å²) in [6.07, 6.45) is 1.51. The van der Waals surface area contributed by atoms with E-state index in [1.807, 2.05) is 31.3 Å². The lowest BCUT2D eigenvalue weighted by Gasteiger charge is -2.28. The van der Waals surface area contributed by atoms with Crippen molar-refractivity contribution in [3.05, 3.63) is 65.3 Å². The molecule has 1 unspecified atom stereocenters. The first kappa shape index (κ1) is 20.5. The van der Waals surface area contributed by atoms with Gasteiger partial charge < -0.3 is 29.4 Å². The molecule has 2 atom stereocenters. The standard InChI is InChI=1S/C21H25N3O5/c1-4-28-20(25)18-16(22-21(26)23-19(18)17-9-6-10-29-17)13-24(2)12-14-7-5-8-15(11-14)27-3/h5-11,19H,4,12-13H2,1-3H3,(H2,22,23,26)/p+1/t19-/m0/s1. The third-order valence-electron chi connectivity index (χ3n) is 4.60. The van der Waals surface area contributed by atoms with Crippen LogP contribution in [0, 0.1) is 0 Å². The Balaban J connectivity index is 1.87. The van der Waals surface area contributed by atoms with Crippen molar-refractivity contribution in [3.8, 4) is 5.75 Å². The smallest absolute Gasteiger partial charge is 0.338 e. The highest BCUT2D eigenvalue weighted by molar-refractivity contribution is 5.95. The van der Waals surface area contributed by atoms with Gasteiger partial charge in [0.25, 0.3) is 0 Å². The SMILES string of the molecule is CCOC(=O)C1=C(C[NH+](C)Cc2cccc(OC)c2)NC(=O)N[C@H]1c1ccco1. The average molecular weight is 400 g/mol. The molecule has 8 nitrogen and oxygen atoms in total. The van der Waals surface area contributed by atoms with Crippen LogP contribution in [0.15, 0.2) is 58.3 Å². The quantitative estimate of drug-likeness (QED) is 0.579. The minimum Gasteiger partial charge on any atom is -0.497 e. The third-order valence-corrected chi connectivity index (χ3v) is 4.60. The molecule has 1 aliphatic rings. The highest BCUT2D eigenvalue weighted by Crippen LogP contribution is 2.27. The summed E-state index contributed by atoms with van der Waals surface area (Å²) in [7, 11) is 3.62. The molecular formula is C21H26N3O5+. The lowest BCUT2D eigenvalue weighted by atomic mass is 10.00. The van der Waals surface area contributed by atoms with E-state index >= 15 is 0 Å². The Hall–Kier alpha value is -3.26. The fourth-order valence-corrected chi connectivity index (χ4v) is 3.37. The predicted octanol–water partition coefficient (Wildman–Crippen LogP) is 1.17. The van der Waals surface area contributed by atoms with E-state index in [1.54, 1.807) is 26.2 Å². The molecule has 0 fully saturated rings. The molecule has 0 saturated heterocycles. The van der Waals surface area contributed by atoms with Crippen LogP contribution < -0.4 is 20.3 Å². The van der Waals surface area contributed by atoms with Crippen LogP contribution in [0.1, 0.15) is 24.3 Å². The Morgan fingerprint density at radius 1 is 1.24 bits per heavy atom. The number of quaternary nitrogens is 1. The van der Waals surface area contributed by atoms with Crippen molar-refractivity contribution >= 4 is 12.0 Å². The van der Waals surface area contributed by atoms with Gasteiger partial charge >= 0.3 is 12.0 Å². The molecule has 154 valence electrons. The number of carbonyl (C=O) groups is 2. The fraction of sp³-hybridized carbons (Fsp3) is 0.333. The van der Waals surface area contributed by atoms with E-state index in [1.165, 1.54) is 6.26 Å². The largest absolute Gasteiger partial charge is 0.497 e. The van der Waals surface area contributed by atoms with Gasteiger partial charge in [0, 0.05) is 5.56 Å². The molecule has 0 aliphatic carbocycles. The maximum Gasteiger partial charge on any atom is 0.338 e. The highest BCUT2D eigenvalue weighted by atomic mass is 16.5. The number of furan rings is 1. The summed E-state index contributed by atoms with van der Waals surface area (Å²) in [6, 6.07) is 10.2. The molecule has 0 spiro atoms. The van der Waals surface area contributed by atoms with Crippen LogP contribution in [0.25, 0.3) is 0 Å². The number of hydrogen-bond acceptors (Lipinski definition) is 5. The van der Waals surface area contributed by atoms with Crippen molar-refractivity contribution in [1.82, 2.24) is 10.6 Å². The summed E-state index contributed by atoms with van der Waals surface area (Å²) in [5.74, 6) is 0.784. The molecular weight excluding hydrogens is 374 g/mol. The molecule has 1 aromatic heterocycles. The van der Waals surface area contributed by atoms with E-state index in [9.17, 15) is 9.59 Å². The zero-order valence-corrected chi connectivity index (χ0v) is 16.8. The van der Waals surface area contributed by atoms with Crippen LogP contribution in [0.4, 0.5) is 4.79 Å². The third kappa shape index (κ3) is 4.97. The van der Waals surface area contributed by atoms with E-state index in [2.05, 4.69) is 10.6 Å². The molecule has 2 aromatic rings. The first-order chi connectivity index (χ1) is 14.0. The number of esters is 1. The van der Waals surface area contributed by atoms with Crippen LogP contribution in [-0.2, 0) is 16.1 Å². The summed E-state index contributed by atoms with van der Waals surface area (Å²) in [5, 5.41) is 5.53. The van der Waals surface area contributed by atoms with Gasteiger partial charge in [0.1, 0.15) is 30.6 Å². The highest BCUT2D eigenvalue weighted by Gasteiger charge is 2.36. The van der Waals surface area contributed by atoms with Crippen molar-refractivity contribution in [2.24, 2.45) is 0 Å². The fourth-order valence-electron chi connectivity index (χ4n) is 3.37. The molecule has 29 heavy (non-hydrogen) atoms. The van der Waals surface area contributed by atoms with Crippen LogP contribution in [0.2, 0.25) is 0 Å². The predicted molar refractivity (Wildman–Crippen MR) is 105 cm³/mol. The van der Waals surface area contributed by atoms with Gasteiger partial charge in [0.05, 0.1) is 38.3 Å². The molecule has 1 aliphatic heterocycles. The minimum absolute atomic E-state index is 0.237. The average Bonchev–Trinajstić information content (AvgIpc) is 3.22. The molecule has 1 aromatic carbocycles. The van der Waals surface area contributed by atoms with Crippen molar-refractivity contribution in [2.75, 3.05) is 27.3 Å².